The molecule has 6 nitrogen and oxygen atoms in total. The van der Waals surface area contributed by atoms with Crippen molar-refractivity contribution in [1.29, 1.82) is 0 Å². The Morgan fingerprint density at radius 2 is 2.00 bits per heavy atom. The fourth-order valence-electron chi connectivity index (χ4n) is 3.42. The van der Waals surface area contributed by atoms with E-state index in [0.29, 0.717) is 37.3 Å². The molecule has 1 N–H and O–H groups in total. The molecule has 2 bridgehead atoms. The first-order valence-corrected chi connectivity index (χ1v) is 8.95. The number of aromatic nitrogens is 2. The Hall–Kier alpha value is -1.39. The minimum atomic E-state index is -4.50. The standard InChI is InChI=1S/C15H16F3N3O3S/c16-15(17,18)12-7-3-1-2-4-8(7)19-14(20-12)25-11-5-9(21-22)13-23-6-10(11)24-13/h10-11,13,22H,1-6H2/b21-9+/t10-,11-,13+/m1/s1. The first-order chi connectivity index (χ1) is 12.0. The van der Waals surface area contributed by atoms with Gasteiger partial charge in [-0.2, -0.15) is 13.2 Å². The Morgan fingerprint density at radius 1 is 1.20 bits per heavy atom. The van der Waals surface area contributed by atoms with Gasteiger partial charge in [0, 0.05) is 22.9 Å². The van der Waals surface area contributed by atoms with Crippen LogP contribution in [0.15, 0.2) is 10.3 Å². The molecule has 3 heterocycles. The van der Waals surface area contributed by atoms with Crippen LogP contribution in [0, 0.1) is 0 Å². The van der Waals surface area contributed by atoms with Gasteiger partial charge in [-0.3, -0.25) is 0 Å². The maximum absolute atomic E-state index is 13.4. The molecule has 25 heavy (non-hydrogen) atoms. The molecule has 3 atom stereocenters. The van der Waals surface area contributed by atoms with Gasteiger partial charge in [0.1, 0.15) is 5.71 Å². The summed E-state index contributed by atoms with van der Waals surface area (Å²) >= 11 is 1.13. The van der Waals surface area contributed by atoms with E-state index >= 15 is 0 Å². The third-order valence-corrected chi connectivity index (χ3v) is 5.79. The Labute approximate surface area is 145 Å². The molecule has 1 aliphatic carbocycles. The van der Waals surface area contributed by atoms with Gasteiger partial charge in [-0.25, -0.2) is 9.97 Å². The van der Waals surface area contributed by atoms with Gasteiger partial charge in [0.25, 0.3) is 0 Å². The van der Waals surface area contributed by atoms with Gasteiger partial charge in [-0.05, 0) is 25.7 Å². The minimum Gasteiger partial charge on any atom is -0.411 e. The summed E-state index contributed by atoms with van der Waals surface area (Å²) in [6.07, 6.45) is -2.64. The highest BCUT2D eigenvalue weighted by Crippen LogP contribution is 2.39. The second kappa shape index (κ2) is 6.40. The maximum atomic E-state index is 13.4. The lowest BCUT2D eigenvalue weighted by Crippen LogP contribution is -2.37. The lowest BCUT2D eigenvalue weighted by atomic mass is 9.94. The highest BCUT2D eigenvalue weighted by atomic mass is 32.2. The lowest BCUT2D eigenvalue weighted by molar-refractivity contribution is -0.142. The monoisotopic (exact) mass is 375 g/mol. The summed E-state index contributed by atoms with van der Waals surface area (Å²) < 4.78 is 51.2. The van der Waals surface area contributed by atoms with E-state index in [9.17, 15) is 13.2 Å². The van der Waals surface area contributed by atoms with Gasteiger partial charge in [0.15, 0.2) is 10.9 Å². The Balaban J connectivity index is 1.64. The number of thioether (sulfide) groups is 1. The van der Waals surface area contributed by atoms with Crippen LogP contribution < -0.4 is 0 Å². The molecule has 136 valence electrons. The average Bonchev–Trinajstić information content (AvgIpc) is 3.01. The number of oxime groups is 1. The highest BCUT2D eigenvalue weighted by Gasteiger charge is 2.44. The van der Waals surface area contributed by atoms with Gasteiger partial charge in [0.05, 0.1) is 12.7 Å². The summed E-state index contributed by atoms with van der Waals surface area (Å²) in [5, 5.41) is 12.1. The van der Waals surface area contributed by atoms with E-state index < -0.39 is 18.2 Å². The molecule has 0 amide bonds. The normalized spacial score (nSPS) is 30.5. The fraction of sp³-hybridized carbons (Fsp3) is 0.667. The molecule has 2 fully saturated rings. The molecule has 1 aromatic rings. The van der Waals surface area contributed by atoms with Crippen molar-refractivity contribution in [3.63, 3.8) is 0 Å². The van der Waals surface area contributed by atoms with Gasteiger partial charge in [0.2, 0.25) is 6.29 Å². The van der Waals surface area contributed by atoms with Crippen LogP contribution in [-0.4, -0.2) is 45.1 Å². The van der Waals surface area contributed by atoms with Gasteiger partial charge >= 0.3 is 6.18 Å². The molecule has 0 radical (unpaired) electrons. The van der Waals surface area contributed by atoms with Crippen LogP contribution >= 0.6 is 11.8 Å². The topological polar surface area (TPSA) is 76.8 Å². The van der Waals surface area contributed by atoms with E-state index in [1.165, 1.54) is 0 Å². The molecule has 0 aromatic carbocycles. The third kappa shape index (κ3) is 3.22. The fourth-order valence-corrected chi connectivity index (χ4v) is 4.55. The molecule has 2 saturated heterocycles. The van der Waals surface area contributed by atoms with Crippen molar-refractivity contribution in [3.8, 4) is 0 Å². The van der Waals surface area contributed by atoms with E-state index in [1.54, 1.807) is 0 Å². The molecule has 0 saturated carbocycles. The van der Waals surface area contributed by atoms with Crippen LogP contribution in [0.5, 0.6) is 0 Å². The number of ether oxygens (including phenoxy) is 2. The van der Waals surface area contributed by atoms with Crippen molar-refractivity contribution in [2.24, 2.45) is 5.16 Å². The lowest BCUT2D eigenvalue weighted by Gasteiger charge is -2.27. The quantitative estimate of drug-likeness (QED) is 0.487. The number of aryl methyl sites for hydroxylation is 1. The SMILES string of the molecule is O/N=C1\C[C@@H](Sc2nc3c(c(C(F)(F)F)n2)CCCC3)[C@H]2CO[C@H]1O2. The third-order valence-electron chi connectivity index (χ3n) is 4.62. The number of fused-ring (bicyclic) bond motifs is 3. The van der Waals surface area contributed by atoms with Crippen LogP contribution in [0.4, 0.5) is 13.2 Å². The van der Waals surface area contributed by atoms with Crippen molar-refractivity contribution < 1.29 is 27.9 Å². The zero-order valence-electron chi connectivity index (χ0n) is 13.1. The molecular weight excluding hydrogens is 359 g/mol. The Kier molecular flexibility index (Phi) is 4.37. The molecule has 10 heteroatoms. The minimum absolute atomic E-state index is 0.0872. The molecule has 0 unspecified atom stereocenters. The zero-order valence-corrected chi connectivity index (χ0v) is 13.9. The summed E-state index contributed by atoms with van der Waals surface area (Å²) in [6.45, 7) is 0.304. The van der Waals surface area contributed by atoms with Gasteiger partial charge < -0.3 is 14.7 Å². The zero-order chi connectivity index (χ0) is 17.6. The van der Waals surface area contributed by atoms with E-state index in [-0.39, 0.29) is 22.1 Å². The maximum Gasteiger partial charge on any atom is 0.433 e. The first-order valence-electron chi connectivity index (χ1n) is 8.07. The molecule has 2 aliphatic heterocycles. The number of hydrogen-bond donors (Lipinski definition) is 1. The Morgan fingerprint density at radius 3 is 2.76 bits per heavy atom. The summed E-state index contributed by atoms with van der Waals surface area (Å²) in [7, 11) is 0. The van der Waals surface area contributed by atoms with Crippen molar-refractivity contribution in [1.82, 2.24) is 9.97 Å². The van der Waals surface area contributed by atoms with Crippen LogP contribution in [0.3, 0.4) is 0 Å². The number of nitrogens with zero attached hydrogens (tertiary/aromatic N) is 3. The summed E-state index contributed by atoms with van der Waals surface area (Å²) in [4.78, 5) is 8.18. The highest BCUT2D eigenvalue weighted by molar-refractivity contribution is 7.99. The van der Waals surface area contributed by atoms with Crippen molar-refractivity contribution in [3.05, 3.63) is 17.0 Å². The van der Waals surface area contributed by atoms with Crippen molar-refractivity contribution >= 4 is 17.5 Å². The predicted octanol–water partition coefficient (Wildman–Crippen LogP) is 2.81. The van der Waals surface area contributed by atoms with Crippen LogP contribution in [0.2, 0.25) is 0 Å². The first kappa shape index (κ1) is 17.0. The second-order valence-corrected chi connectivity index (χ2v) is 7.48. The van der Waals surface area contributed by atoms with Gasteiger partial charge in [-0.15, -0.1) is 0 Å². The number of rotatable bonds is 2. The number of halogens is 3. The summed E-state index contributed by atoms with van der Waals surface area (Å²) in [6, 6.07) is 0. The summed E-state index contributed by atoms with van der Waals surface area (Å²) in [5.74, 6) is 0. The van der Waals surface area contributed by atoms with Crippen LogP contribution in [0.1, 0.15) is 36.2 Å². The average molecular weight is 375 g/mol. The number of alkyl halides is 3. The molecule has 1 aromatic heterocycles. The van der Waals surface area contributed by atoms with Crippen LogP contribution in [-0.2, 0) is 28.5 Å². The van der Waals surface area contributed by atoms with Crippen molar-refractivity contribution in [2.45, 2.75) is 61.1 Å². The largest absolute Gasteiger partial charge is 0.433 e. The Bertz CT molecular complexity index is 713. The van der Waals surface area contributed by atoms with E-state index in [1.807, 2.05) is 0 Å². The van der Waals surface area contributed by atoms with Gasteiger partial charge in [-0.1, -0.05) is 16.9 Å². The molecule has 3 aliphatic rings. The predicted molar refractivity (Wildman–Crippen MR) is 81.8 cm³/mol. The van der Waals surface area contributed by atoms with E-state index in [2.05, 4.69) is 15.1 Å². The molecule has 4 rings (SSSR count). The smallest absolute Gasteiger partial charge is 0.411 e. The number of hydrogen-bond acceptors (Lipinski definition) is 7. The van der Waals surface area contributed by atoms with Crippen molar-refractivity contribution in [2.75, 3.05) is 6.61 Å². The van der Waals surface area contributed by atoms with Crippen LogP contribution in [0.25, 0.3) is 0 Å². The van der Waals surface area contributed by atoms with E-state index in [0.717, 1.165) is 24.6 Å². The van der Waals surface area contributed by atoms with E-state index in [4.69, 9.17) is 14.7 Å². The second-order valence-electron chi connectivity index (χ2n) is 6.28. The summed E-state index contributed by atoms with van der Waals surface area (Å²) in [5.41, 5.74) is 0.225. The molecule has 0 spiro atoms. The molecular formula is C15H16F3N3O3S.